The molecule has 1 aliphatic carbocycles. The van der Waals surface area contributed by atoms with Gasteiger partial charge >= 0.3 is 0 Å². The van der Waals surface area contributed by atoms with Crippen molar-refractivity contribution in [3.05, 3.63) is 10.6 Å². The quantitative estimate of drug-likeness (QED) is 0.873. The molecule has 112 valence electrons. The molecule has 1 fully saturated rings. The fourth-order valence-electron chi connectivity index (χ4n) is 2.90. The Kier molecular flexibility index (Phi) is 5.10. The molecule has 0 bridgehead atoms. The van der Waals surface area contributed by atoms with E-state index in [1.165, 1.54) is 0 Å². The summed E-state index contributed by atoms with van der Waals surface area (Å²) in [4.78, 5) is 12.8. The highest BCUT2D eigenvalue weighted by atomic mass is 32.1. The maximum absolute atomic E-state index is 12.2. The van der Waals surface area contributed by atoms with Gasteiger partial charge < -0.3 is 10.4 Å². The molecular weight excluding hydrogens is 274 g/mol. The van der Waals surface area contributed by atoms with Crippen molar-refractivity contribution in [3.8, 4) is 0 Å². The summed E-state index contributed by atoms with van der Waals surface area (Å²) in [6.07, 6.45) is 5.41. The van der Waals surface area contributed by atoms with Crippen molar-refractivity contribution in [2.75, 3.05) is 6.54 Å². The number of hydrogen-bond acceptors (Lipinski definition) is 5. The van der Waals surface area contributed by atoms with E-state index in [9.17, 15) is 9.90 Å². The molecule has 1 heterocycles. The Morgan fingerprint density at radius 2 is 2.40 bits per heavy atom. The number of amides is 1. The standard InChI is InChI=1S/C14H23N3O2S/c1-3-5-11-12(20-17-16-11)13(18)15-9-14(19)7-4-6-10(2)8-14/h10,19H,3-9H2,1-2H3,(H,15,18). The first-order valence-electron chi connectivity index (χ1n) is 7.36. The van der Waals surface area contributed by atoms with Gasteiger partial charge in [-0.05, 0) is 36.7 Å². The molecule has 1 amide bonds. The Morgan fingerprint density at radius 3 is 3.10 bits per heavy atom. The van der Waals surface area contributed by atoms with Crippen LogP contribution in [0.3, 0.4) is 0 Å². The van der Waals surface area contributed by atoms with Crippen LogP contribution in [-0.2, 0) is 6.42 Å². The van der Waals surface area contributed by atoms with Crippen LogP contribution in [0.5, 0.6) is 0 Å². The van der Waals surface area contributed by atoms with Crippen LogP contribution >= 0.6 is 11.5 Å². The SMILES string of the molecule is CCCc1nnsc1C(=O)NCC1(O)CCCC(C)C1. The predicted molar refractivity (Wildman–Crippen MR) is 78.8 cm³/mol. The number of carbonyl (C=O) groups excluding carboxylic acids is 1. The van der Waals surface area contributed by atoms with Gasteiger partial charge in [-0.2, -0.15) is 0 Å². The summed E-state index contributed by atoms with van der Waals surface area (Å²) in [5, 5.41) is 17.4. The average molecular weight is 297 g/mol. The summed E-state index contributed by atoms with van der Waals surface area (Å²) in [6.45, 7) is 4.52. The zero-order chi connectivity index (χ0) is 14.6. The van der Waals surface area contributed by atoms with Gasteiger partial charge in [0.15, 0.2) is 0 Å². The molecule has 6 heteroatoms. The highest BCUT2D eigenvalue weighted by molar-refractivity contribution is 7.08. The van der Waals surface area contributed by atoms with Crippen LogP contribution in [0.25, 0.3) is 0 Å². The monoisotopic (exact) mass is 297 g/mol. The lowest BCUT2D eigenvalue weighted by Crippen LogP contribution is -2.45. The van der Waals surface area contributed by atoms with Crippen molar-refractivity contribution in [2.24, 2.45) is 5.92 Å². The molecule has 0 aromatic carbocycles. The third-order valence-electron chi connectivity index (χ3n) is 3.89. The first-order chi connectivity index (χ1) is 9.54. The molecule has 5 nitrogen and oxygen atoms in total. The van der Waals surface area contributed by atoms with Crippen molar-refractivity contribution in [1.82, 2.24) is 14.9 Å². The second-order valence-corrected chi connectivity index (χ2v) is 6.66. The van der Waals surface area contributed by atoms with E-state index >= 15 is 0 Å². The summed E-state index contributed by atoms with van der Waals surface area (Å²) >= 11 is 1.13. The molecule has 0 saturated heterocycles. The summed E-state index contributed by atoms with van der Waals surface area (Å²) in [5.41, 5.74) is 0.00936. The number of rotatable bonds is 5. The normalized spacial score (nSPS) is 26.4. The molecule has 0 radical (unpaired) electrons. The predicted octanol–water partition coefficient (Wildman–Crippen LogP) is 2.16. The largest absolute Gasteiger partial charge is 0.388 e. The van der Waals surface area contributed by atoms with Crippen molar-refractivity contribution in [1.29, 1.82) is 0 Å². The Balaban J connectivity index is 1.93. The summed E-state index contributed by atoms with van der Waals surface area (Å²) in [6, 6.07) is 0. The van der Waals surface area contributed by atoms with Crippen LogP contribution in [0.1, 0.15) is 61.3 Å². The molecule has 2 unspecified atom stereocenters. The number of nitrogens with zero attached hydrogens (tertiary/aromatic N) is 2. The molecule has 1 aromatic heterocycles. The van der Waals surface area contributed by atoms with Crippen LogP contribution < -0.4 is 5.32 Å². The van der Waals surface area contributed by atoms with Gasteiger partial charge in [0.2, 0.25) is 0 Å². The van der Waals surface area contributed by atoms with Gasteiger partial charge in [0.1, 0.15) is 4.88 Å². The Labute approximate surface area is 123 Å². The molecule has 2 rings (SSSR count). The lowest BCUT2D eigenvalue weighted by Gasteiger charge is -2.35. The third kappa shape index (κ3) is 3.76. The number of aliphatic hydroxyl groups is 1. The van der Waals surface area contributed by atoms with Crippen LogP contribution in [-0.4, -0.2) is 32.7 Å². The zero-order valence-corrected chi connectivity index (χ0v) is 13.0. The molecule has 1 aromatic rings. The van der Waals surface area contributed by atoms with E-state index in [1.54, 1.807) is 0 Å². The number of nitrogens with one attached hydrogen (secondary N) is 1. The maximum atomic E-state index is 12.2. The maximum Gasteiger partial charge on any atom is 0.265 e. The first-order valence-corrected chi connectivity index (χ1v) is 8.13. The Hall–Kier alpha value is -1.01. The average Bonchev–Trinajstić information content (AvgIpc) is 2.85. The highest BCUT2D eigenvalue weighted by Crippen LogP contribution is 2.31. The van der Waals surface area contributed by atoms with Gasteiger partial charge in [-0.3, -0.25) is 4.79 Å². The second-order valence-electron chi connectivity index (χ2n) is 5.91. The third-order valence-corrected chi connectivity index (χ3v) is 4.66. The minimum Gasteiger partial charge on any atom is -0.388 e. The van der Waals surface area contributed by atoms with Crippen molar-refractivity contribution in [2.45, 2.75) is 58.0 Å². The van der Waals surface area contributed by atoms with Gasteiger partial charge in [0.05, 0.1) is 11.3 Å². The number of aryl methyl sites for hydroxylation is 1. The van der Waals surface area contributed by atoms with Crippen molar-refractivity contribution >= 4 is 17.4 Å². The minimum absolute atomic E-state index is 0.157. The molecule has 1 saturated carbocycles. The molecule has 2 atom stereocenters. The minimum atomic E-state index is -0.754. The van der Waals surface area contributed by atoms with E-state index in [-0.39, 0.29) is 5.91 Å². The van der Waals surface area contributed by atoms with Crippen molar-refractivity contribution < 1.29 is 9.90 Å². The van der Waals surface area contributed by atoms with Gasteiger partial charge in [-0.1, -0.05) is 37.6 Å². The Morgan fingerprint density at radius 1 is 1.60 bits per heavy atom. The topological polar surface area (TPSA) is 75.1 Å². The van der Waals surface area contributed by atoms with E-state index in [1.807, 2.05) is 6.92 Å². The van der Waals surface area contributed by atoms with Gasteiger partial charge in [0, 0.05) is 6.54 Å². The van der Waals surface area contributed by atoms with E-state index in [0.29, 0.717) is 17.3 Å². The van der Waals surface area contributed by atoms with Crippen LogP contribution in [0, 0.1) is 5.92 Å². The highest BCUT2D eigenvalue weighted by Gasteiger charge is 2.33. The van der Waals surface area contributed by atoms with Crippen molar-refractivity contribution in [3.63, 3.8) is 0 Å². The summed E-state index contributed by atoms with van der Waals surface area (Å²) in [7, 11) is 0. The number of carbonyl (C=O) groups is 1. The molecule has 1 aliphatic rings. The fourth-order valence-corrected chi connectivity index (χ4v) is 3.52. The molecule has 2 N–H and O–H groups in total. The first kappa shape index (κ1) is 15.4. The summed E-state index contributed by atoms with van der Waals surface area (Å²) in [5.74, 6) is 0.362. The van der Waals surface area contributed by atoms with Gasteiger partial charge in [0.25, 0.3) is 5.91 Å². The lowest BCUT2D eigenvalue weighted by molar-refractivity contribution is -0.0109. The van der Waals surface area contributed by atoms with E-state index in [4.69, 9.17) is 0 Å². The van der Waals surface area contributed by atoms with E-state index in [0.717, 1.165) is 55.8 Å². The molecule has 20 heavy (non-hydrogen) atoms. The second kappa shape index (κ2) is 6.63. The smallest absolute Gasteiger partial charge is 0.265 e. The van der Waals surface area contributed by atoms with E-state index in [2.05, 4.69) is 21.8 Å². The molecule has 0 aliphatic heterocycles. The fraction of sp³-hybridized carbons (Fsp3) is 0.786. The van der Waals surface area contributed by atoms with Gasteiger partial charge in [-0.15, -0.1) is 5.10 Å². The molecular formula is C14H23N3O2S. The lowest BCUT2D eigenvalue weighted by atomic mass is 9.79. The zero-order valence-electron chi connectivity index (χ0n) is 12.2. The van der Waals surface area contributed by atoms with Crippen LogP contribution in [0.15, 0.2) is 0 Å². The van der Waals surface area contributed by atoms with E-state index < -0.39 is 5.60 Å². The summed E-state index contributed by atoms with van der Waals surface area (Å²) < 4.78 is 3.85. The van der Waals surface area contributed by atoms with Crippen LogP contribution in [0.4, 0.5) is 0 Å². The number of aromatic nitrogens is 2. The van der Waals surface area contributed by atoms with Crippen LogP contribution in [0.2, 0.25) is 0 Å². The Bertz CT molecular complexity index is 463. The number of hydrogen-bond donors (Lipinski definition) is 2. The molecule has 0 spiro atoms. The van der Waals surface area contributed by atoms with Gasteiger partial charge in [-0.25, -0.2) is 0 Å².